The number of benzene rings is 3. The normalized spacial score (nSPS) is 10.7. The van der Waals surface area contributed by atoms with Crippen LogP contribution in [0.4, 0.5) is 11.4 Å². The van der Waals surface area contributed by atoms with Crippen LogP contribution in [0.15, 0.2) is 72.8 Å². The molecule has 0 aliphatic heterocycles. The van der Waals surface area contributed by atoms with Crippen LogP contribution < -0.4 is 10.6 Å². The van der Waals surface area contributed by atoms with Crippen molar-refractivity contribution >= 4 is 64.1 Å². The van der Waals surface area contributed by atoms with Crippen LogP contribution in [-0.4, -0.2) is 11.8 Å². The zero-order valence-electron chi connectivity index (χ0n) is 15.0. The minimum atomic E-state index is -0.339. The fourth-order valence-corrected chi connectivity index (χ4v) is 3.16. The van der Waals surface area contributed by atoms with Crippen molar-refractivity contribution in [1.82, 2.24) is 0 Å². The Labute approximate surface area is 183 Å². The molecule has 0 saturated carbocycles. The molecule has 0 spiro atoms. The molecule has 2 amide bonds. The van der Waals surface area contributed by atoms with E-state index in [0.717, 1.165) is 0 Å². The van der Waals surface area contributed by atoms with Crippen LogP contribution in [-0.2, 0) is 4.79 Å². The molecular weight excluding hydrogens is 431 g/mol. The third-order valence-electron chi connectivity index (χ3n) is 3.85. The highest BCUT2D eigenvalue weighted by atomic mass is 35.5. The lowest BCUT2D eigenvalue weighted by Gasteiger charge is -2.08. The van der Waals surface area contributed by atoms with Crippen molar-refractivity contribution in [3.8, 4) is 0 Å². The van der Waals surface area contributed by atoms with E-state index in [1.54, 1.807) is 72.8 Å². The summed E-state index contributed by atoms with van der Waals surface area (Å²) < 4.78 is 0. The number of hydrogen-bond donors (Lipinski definition) is 2. The largest absolute Gasteiger partial charge is 0.322 e. The van der Waals surface area contributed by atoms with Gasteiger partial charge in [-0.1, -0.05) is 53.0 Å². The Bertz CT molecular complexity index is 1100. The van der Waals surface area contributed by atoms with E-state index in [1.165, 1.54) is 6.08 Å². The highest BCUT2D eigenvalue weighted by molar-refractivity contribution is 6.35. The summed E-state index contributed by atoms with van der Waals surface area (Å²) in [6, 6.07) is 18.5. The van der Waals surface area contributed by atoms with Gasteiger partial charge in [-0.25, -0.2) is 0 Å². The Morgan fingerprint density at radius 3 is 2.17 bits per heavy atom. The monoisotopic (exact) mass is 444 g/mol. The third kappa shape index (κ3) is 6.09. The van der Waals surface area contributed by atoms with E-state index in [-0.39, 0.29) is 11.8 Å². The molecule has 0 atom stereocenters. The van der Waals surface area contributed by atoms with E-state index in [4.69, 9.17) is 34.8 Å². The number of nitrogens with one attached hydrogen (secondary N) is 2. The summed E-state index contributed by atoms with van der Waals surface area (Å²) in [4.78, 5) is 24.5. The van der Waals surface area contributed by atoms with E-state index in [0.29, 0.717) is 37.6 Å². The molecule has 0 aliphatic carbocycles. The van der Waals surface area contributed by atoms with Crippen molar-refractivity contribution in [2.75, 3.05) is 10.6 Å². The van der Waals surface area contributed by atoms with Gasteiger partial charge in [0.05, 0.1) is 0 Å². The SMILES string of the molecule is O=C(C=Cc1ccc(Cl)cc1Cl)Nc1cccc(NC(=O)c2cccc(Cl)c2)c1. The Morgan fingerprint density at radius 2 is 1.45 bits per heavy atom. The van der Waals surface area contributed by atoms with E-state index in [2.05, 4.69) is 10.6 Å². The molecule has 0 radical (unpaired) electrons. The molecule has 0 aliphatic rings. The highest BCUT2D eigenvalue weighted by Gasteiger charge is 2.07. The zero-order chi connectivity index (χ0) is 20.8. The highest BCUT2D eigenvalue weighted by Crippen LogP contribution is 2.22. The number of carbonyl (C=O) groups excluding carboxylic acids is 2. The van der Waals surface area contributed by atoms with Crippen LogP contribution in [0, 0.1) is 0 Å². The Kier molecular flexibility index (Phi) is 6.94. The van der Waals surface area contributed by atoms with Crippen molar-refractivity contribution in [2.45, 2.75) is 0 Å². The van der Waals surface area contributed by atoms with Crippen molar-refractivity contribution in [3.05, 3.63) is 99.0 Å². The van der Waals surface area contributed by atoms with Gasteiger partial charge in [0.25, 0.3) is 5.91 Å². The van der Waals surface area contributed by atoms with Crippen LogP contribution in [0.2, 0.25) is 15.1 Å². The molecule has 4 nitrogen and oxygen atoms in total. The molecule has 0 bridgehead atoms. The minimum Gasteiger partial charge on any atom is -0.322 e. The Hall–Kier alpha value is -2.79. The maximum atomic E-state index is 12.3. The van der Waals surface area contributed by atoms with Gasteiger partial charge in [0, 0.05) is 38.1 Å². The molecule has 0 fully saturated rings. The van der Waals surface area contributed by atoms with Gasteiger partial charge in [0.2, 0.25) is 5.91 Å². The van der Waals surface area contributed by atoms with Crippen molar-refractivity contribution in [3.63, 3.8) is 0 Å². The second-order valence-electron chi connectivity index (χ2n) is 6.03. The summed E-state index contributed by atoms with van der Waals surface area (Å²) in [6.07, 6.45) is 2.96. The standard InChI is InChI=1S/C22H15Cl3N2O2/c23-16-4-1-3-15(11-16)22(29)27-19-6-2-5-18(13-19)26-21(28)10-8-14-7-9-17(24)12-20(14)25/h1-13H,(H,26,28)(H,27,29). The first kappa shape index (κ1) is 20.9. The average Bonchev–Trinajstić information content (AvgIpc) is 2.67. The van der Waals surface area contributed by atoms with Crippen molar-refractivity contribution < 1.29 is 9.59 Å². The van der Waals surface area contributed by atoms with Gasteiger partial charge in [-0.2, -0.15) is 0 Å². The molecule has 2 N–H and O–H groups in total. The first-order valence-corrected chi connectivity index (χ1v) is 9.65. The average molecular weight is 446 g/mol. The van der Waals surface area contributed by atoms with Gasteiger partial charge in [-0.15, -0.1) is 0 Å². The number of carbonyl (C=O) groups is 2. The van der Waals surface area contributed by atoms with E-state index < -0.39 is 0 Å². The van der Waals surface area contributed by atoms with Crippen LogP contribution >= 0.6 is 34.8 Å². The molecule has 0 unspecified atom stereocenters. The lowest BCUT2D eigenvalue weighted by Crippen LogP contribution is -2.12. The lowest BCUT2D eigenvalue weighted by atomic mass is 10.2. The molecule has 3 rings (SSSR count). The quantitative estimate of drug-likeness (QED) is 0.437. The number of hydrogen-bond acceptors (Lipinski definition) is 2. The summed E-state index contributed by atoms with van der Waals surface area (Å²) in [6.45, 7) is 0. The molecule has 3 aromatic carbocycles. The Balaban J connectivity index is 1.65. The number of rotatable bonds is 5. The van der Waals surface area contributed by atoms with Crippen molar-refractivity contribution in [2.24, 2.45) is 0 Å². The van der Waals surface area contributed by atoms with Gasteiger partial charge in [-0.05, 0) is 60.2 Å². The first-order valence-electron chi connectivity index (χ1n) is 8.52. The van der Waals surface area contributed by atoms with Gasteiger partial charge in [0.1, 0.15) is 0 Å². The van der Waals surface area contributed by atoms with Crippen molar-refractivity contribution in [1.29, 1.82) is 0 Å². The number of anilines is 2. The minimum absolute atomic E-state index is 0.298. The fourth-order valence-electron chi connectivity index (χ4n) is 2.49. The molecule has 0 heterocycles. The van der Waals surface area contributed by atoms with Gasteiger partial charge in [0.15, 0.2) is 0 Å². The van der Waals surface area contributed by atoms with Gasteiger partial charge >= 0.3 is 0 Å². The summed E-state index contributed by atoms with van der Waals surface area (Å²) in [7, 11) is 0. The van der Waals surface area contributed by atoms with Gasteiger partial charge in [-0.3, -0.25) is 9.59 Å². The molecular formula is C22H15Cl3N2O2. The van der Waals surface area contributed by atoms with Crippen LogP contribution in [0.3, 0.4) is 0 Å². The van der Waals surface area contributed by atoms with Crippen LogP contribution in [0.25, 0.3) is 6.08 Å². The molecule has 7 heteroatoms. The maximum Gasteiger partial charge on any atom is 0.255 e. The fraction of sp³-hybridized carbons (Fsp3) is 0. The van der Waals surface area contributed by atoms with Crippen LogP contribution in [0.1, 0.15) is 15.9 Å². The number of halogens is 3. The topological polar surface area (TPSA) is 58.2 Å². The second-order valence-corrected chi connectivity index (χ2v) is 7.31. The number of amides is 2. The van der Waals surface area contributed by atoms with Gasteiger partial charge < -0.3 is 10.6 Å². The third-order valence-corrected chi connectivity index (χ3v) is 4.65. The van der Waals surface area contributed by atoms with E-state index in [1.807, 2.05) is 0 Å². The molecule has 0 saturated heterocycles. The second kappa shape index (κ2) is 9.61. The lowest BCUT2D eigenvalue weighted by molar-refractivity contribution is -0.111. The zero-order valence-corrected chi connectivity index (χ0v) is 17.2. The molecule has 29 heavy (non-hydrogen) atoms. The summed E-state index contributed by atoms with van der Waals surface area (Å²) in [5.74, 6) is -0.636. The smallest absolute Gasteiger partial charge is 0.255 e. The molecule has 146 valence electrons. The van der Waals surface area contributed by atoms with E-state index in [9.17, 15) is 9.59 Å². The summed E-state index contributed by atoms with van der Waals surface area (Å²) in [5.41, 5.74) is 2.19. The van der Waals surface area contributed by atoms with E-state index >= 15 is 0 Å². The maximum absolute atomic E-state index is 12.3. The molecule has 3 aromatic rings. The summed E-state index contributed by atoms with van der Waals surface area (Å²) in [5, 5.41) is 6.96. The first-order chi connectivity index (χ1) is 13.9. The molecule has 0 aromatic heterocycles. The summed E-state index contributed by atoms with van der Waals surface area (Å²) >= 11 is 17.9. The predicted molar refractivity (Wildman–Crippen MR) is 120 cm³/mol. The van der Waals surface area contributed by atoms with Crippen LogP contribution in [0.5, 0.6) is 0 Å². The predicted octanol–water partition coefficient (Wildman–Crippen LogP) is 6.55. The Morgan fingerprint density at radius 1 is 0.759 bits per heavy atom.